The lowest BCUT2D eigenvalue weighted by Crippen LogP contribution is -2.48. The molecule has 148 valence electrons. The molecule has 1 heterocycles. The number of hydrogen-bond acceptors (Lipinski definition) is 6. The molecule has 1 aliphatic heterocycles. The van der Waals surface area contributed by atoms with Gasteiger partial charge in [-0.25, -0.2) is 13.2 Å². The molecule has 1 atom stereocenters. The largest absolute Gasteiger partial charge is 0.452 e. The number of carbonyl (C=O) groups excluding carboxylic acids is 2. The van der Waals surface area contributed by atoms with Gasteiger partial charge in [0.2, 0.25) is 0 Å². The Morgan fingerprint density at radius 3 is 2.48 bits per heavy atom. The average molecular weight is 415 g/mol. The van der Waals surface area contributed by atoms with Crippen molar-refractivity contribution in [1.29, 1.82) is 0 Å². The summed E-state index contributed by atoms with van der Waals surface area (Å²) in [5.41, 5.74) is 6.09. The predicted molar refractivity (Wildman–Crippen MR) is 102 cm³/mol. The first-order chi connectivity index (χ1) is 12.8. The number of nitrogens with two attached hydrogens (primary N) is 1. The van der Waals surface area contributed by atoms with E-state index in [2.05, 4.69) is 0 Å². The Bertz CT molecular complexity index is 836. The molecule has 0 radical (unpaired) electrons. The van der Waals surface area contributed by atoms with E-state index in [0.717, 1.165) is 25.7 Å². The molecule has 27 heavy (non-hydrogen) atoms. The second kappa shape index (κ2) is 8.06. The summed E-state index contributed by atoms with van der Waals surface area (Å²) in [6.45, 7) is -0.437. The van der Waals surface area contributed by atoms with Crippen LogP contribution in [0.1, 0.15) is 42.5 Å². The van der Waals surface area contributed by atoms with Crippen LogP contribution in [0.3, 0.4) is 0 Å². The van der Waals surface area contributed by atoms with E-state index in [-0.39, 0.29) is 40.7 Å². The Balaban J connectivity index is 1.68. The maximum absolute atomic E-state index is 12.8. The number of benzene rings is 1. The van der Waals surface area contributed by atoms with Gasteiger partial charge >= 0.3 is 5.97 Å². The Labute approximate surface area is 163 Å². The quantitative estimate of drug-likeness (QED) is 0.583. The molecule has 2 N–H and O–H groups in total. The molecular formula is C18H23ClN2O5S. The van der Waals surface area contributed by atoms with Crippen LogP contribution in [0.25, 0.3) is 0 Å². The highest BCUT2D eigenvalue weighted by Gasteiger charge is 2.39. The Morgan fingerprint density at radius 1 is 1.19 bits per heavy atom. The highest BCUT2D eigenvalue weighted by molar-refractivity contribution is 7.91. The lowest BCUT2D eigenvalue weighted by molar-refractivity contribution is -0.139. The fourth-order valence-electron chi connectivity index (χ4n) is 3.88. The highest BCUT2D eigenvalue weighted by Crippen LogP contribution is 2.29. The van der Waals surface area contributed by atoms with Crippen LogP contribution >= 0.6 is 11.6 Å². The number of ether oxygens (including phenoxy) is 1. The number of carbonyl (C=O) groups is 2. The minimum atomic E-state index is -3.12. The van der Waals surface area contributed by atoms with Crippen LogP contribution in [0.2, 0.25) is 5.02 Å². The predicted octanol–water partition coefficient (Wildman–Crippen LogP) is 2.04. The topological polar surface area (TPSA) is 107 Å². The molecule has 1 saturated carbocycles. The molecule has 0 bridgehead atoms. The Morgan fingerprint density at radius 2 is 1.89 bits per heavy atom. The normalized spacial score (nSPS) is 21.9. The minimum Gasteiger partial charge on any atom is -0.452 e. The number of nitrogens with zero attached hydrogens (tertiary/aromatic N) is 1. The van der Waals surface area contributed by atoms with Gasteiger partial charge in [0.15, 0.2) is 16.4 Å². The number of esters is 1. The smallest absolute Gasteiger partial charge is 0.340 e. The molecule has 1 saturated heterocycles. The number of amides is 1. The lowest BCUT2D eigenvalue weighted by Gasteiger charge is -2.33. The van der Waals surface area contributed by atoms with Crippen molar-refractivity contribution < 1.29 is 22.7 Å². The third-order valence-corrected chi connectivity index (χ3v) is 7.15. The van der Waals surface area contributed by atoms with Crippen LogP contribution in [0.15, 0.2) is 18.2 Å². The first-order valence-electron chi connectivity index (χ1n) is 9.00. The third kappa shape index (κ3) is 4.73. The number of halogens is 1. The zero-order valence-corrected chi connectivity index (χ0v) is 16.5. The third-order valence-electron chi connectivity index (χ3n) is 5.17. The maximum Gasteiger partial charge on any atom is 0.340 e. The van der Waals surface area contributed by atoms with Gasteiger partial charge in [0.05, 0.1) is 17.1 Å². The number of anilines is 1. The fourth-order valence-corrected chi connectivity index (χ4v) is 5.77. The molecule has 9 heteroatoms. The van der Waals surface area contributed by atoms with Gasteiger partial charge in [-0.1, -0.05) is 24.4 Å². The van der Waals surface area contributed by atoms with Crippen LogP contribution < -0.4 is 5.73 Å². The molecular weight excluding hydrogens is 392 g/mol. The molecule has 2 fully saturated rings. The van der Waals surface area contributed by atoms with Gasteiger partial charge in [0, 0.05) is 22.8 Å². The average Bonchev–Trinajstić information content (AvgIpc) is 3.23. The summed E-state index contributed by atoms with van der Waals surface area (Å²) in [4.78, 5) is 26.7. The maximum atomic E-state index is 12.8. The van der Waals surface area contributed by atoms with E-state index in [0.29, 0.717) is 11.4 Å². The molecule has 0 unspecified atom stereocenters. The summed E-state index contributed by atoms with van der Waals surface area (Å²) in [5, 5.41) is 0.398. The van der Waals surface area contributed by atoms with Crippen LogP contribution in [0.5, 0.6) is 0 Å². The van der Waals surface area contributed by atoms with E-state index in [1.165, 1.54) is 18.2 Å². The van der Waals surface area contributed by atoms with E-state index >= 15 is 0 Å². The SMILES string of the molecule is Nc1cc(Cl)ccc1C(=O)OCC(=O)N(C1CCCC1)[C@H]1CCS(=O)(=O)C1. The van der Waals surface area contributed by atoms with Gasteiger partial charge in [-0.2, -0.15) is 0 Å². The second-order valence-corrected chi connectivity index (χ2v) is 9.77. The summed E-state index contributed by atoms with van der Waals surface area (Å²) in [5.74, 6) is -0.990. The van der Waals surface area contributed by atoms with E-state index < -0.39 is 22.4 Å². The first kappa shape index (κ1) is 19.9. The molecule has 0 aromatic heterocycles. The zero-order chi connectivity index (χ0) is 19.6. The van der Waals surface area contributed by atoms with E-state index in [1.54, 1.807) is 4.90 Å². The molecule has 3 rings (SSSR count). The number of sulfone groups is 1. The van der Waals surface area contributed by atoms with Crippen LogP contribution in [-0.2, 0) is 19.4 Å². The highest BCUT2D eigenvalue weighted by atomic mass is 35.5. The van der Waals surface area contributed by atoms with Crippen LogP contribution in [-0.4, -0.2) is 55.4 Å². The molecule has 1 amide bonds. The standard InChI is InChI=1S/C18H23ClN2O5S/c19-12-5-6-15(16(20)9-12)18(23)26-10-17(22)21(13-3-1-2-4-13)14-7-8-27(24,25)11-14/h5-6,9,13-14H,1-4,7-8,10-11,20H2/t14-/m0/s1. The van der Waals surface area contributed by atoms with Crippen molar-refractivity contribution in [2.24, 2.45) is 0 Å². The van der Waals surface area contributed by atoms with Crippen molar-refractivity contribution in [2.45, 2.75) is 44.2 Å². The summed E-state index contributed by atoms with van der Waals surface area (Å²) < 4.78 is 28.9. The van der Waals surface area contributed by atoms with Crippen molar-refractivity contribution in [1.82, 2.24) is 4.90 Å². The van der Waals surface area contributed by atoms with Gasteiger partial charge in [-0.05, 0) is 37.5 Å². The van der Waals surface area contributed by atoms with E-state index in [1.807, 2.05) is 0 Å². The summed E-state index contributed by atoms with van der Waals surface area (Å²) in [6.07, 6.45) is 4.15. The molecule has 1 aromatic rings. The van der Waals surface area contributed by atoms with Gasteiger partial charge < -0.3 is 15.4 Å². The monoisotopic (exact) mass is 414 g/mol. The van der Waals surface area contributed by atoms with E-state index in [9.17, 15) is 18.0 Å². The number of hydrogen-bond donors (Lipinski definition) is 1. The molecule has 2 aliphatic rings. The Hall–Kier alpha value is -1.80. The van der Waals surface area contributed by atoms with Gasteiger partial charge in [-0.15, -0.1) is 0 Å². The van der Waals surface area contributed by atoms with Crippen molar-refractivity contribution in [2.75, 3.05) is 23.8 Å². The second-order valence-electron chi connectivity index (χ2n) is 7.10. The van der Waals surface area contributed by atoms with Crippen LogP contribution in [0, 0.1) is 0 Å². The summed E-state index contributed by atoms with van der Waals surface area (Å²) in [7, 11) is -3.12. The number of nitrogen functional groups attached to an aromatic ring is 1. The van der Waals surface area contributed by atoms with Crippen LogP contribution in [0.4, 0.5) is 5.69 Å². The molecule has 1 aliphatic carbocycles. The number of rotatable bonds is 5. The van der Waals surface area contributed by atoms with Gasteiger partial charge in [0.1, 0.15) is 0 Å². The first-order valence-corrected chi connectivity index (χ1v) is 11.2. The van der Waals surface area contributed by atoms with Crippen molar-refractivity contribution in [3.05, 3.63) is 28.8 Å². The van der Waals surface area contributed by atoms with Crippen molar-refractivity contribution in [3.63, 3.8) is 0 Å². The van der Waals surface area contributed by atoms with Gasteiger partial charge in [0.25, 0.3) is 5.91 Å². The lowest BCUT2D eigenvalue weighted by atomic mass is 10.1. The Kier molecular flexibility index (Phi) is 5.95. The molecule has 1 aromatic carbocycles. The van der Waals surface area contributed by atoms with Crippen molar-refractivity contribution in [3.8, 4) is 0 Å². The molecule has 7 nitrogen and oxygen atoms in total. The fraction of sp³-hybridized carbons (Fsp3) is 0.556. The van der Waals surface area contributed by atoms with Gasteiger partial charge in [-0.3, -0.25) is 4.79 Å². The summed E-state index contributed by atoms with van der Waals surface area (Å²) >= 11 is 5.82. The van der Waals surface area contributed by atoms with E-state index in [4.69, 9.17) is 22.1 Å². The zero-order valence-electron chi connectivity index (χ0n) is 14.9. The minimum absolute atomic E-state index is 0.00935. The molecule has 0 spiro atoms. The van der Waals surface area contributed by atoms with Crippen molar-refractivity contribution >= 4 is 39.0 Å². The summed E-state index contributed by atoms with van der Waals surface area (Å²) in [6, 6.07) is 4.07.